The van der Waals surface area contributed by atoms with Crippen molar-refractivity contribution < 1.29 is 18.7 Å². The Labute approximate surface area is 251 Å². The molecule has 4 aromatic rings. The summed E-state index contributed by atoms with van der Waals surface area (Å²) in [7, 11) is 0. The van der Waals surface area contributed by atoms with Crippen LogP contribution in [0.1, 0.15) is 75.0 Å². The highest BCUT2D eigenvalue weighted by Gasteiger charge is 2.27. The van der Waals surface area contributed by atoms with E-state index in [1.165, 1.54) is 12.5 Å². The first-order valence-corrected chi connectivity index (χ1v) is 15.6. The zero-order valence-corrected chi connectivity index (χ0v) is 24.5. The number of anilines is 1. The van der Waals surface area contributed by atoms with Crippen LogP contribution in [-0.2, 0) is 22.6 Å². The zero-order valence-electron chi connectivity index (χ0n) is 24.5. The van der Waals surface area contributed by atoms with E-state index in [2.05, 4.69) is 9.88 Å². The molecule has 6 nitrogen and oxygen atoms in total. The van der Waals surface area contributed by atoms with E-state index < -0.39 is 23.3 Å². The Balaban J connectivity index is 1.35. The molecule has 1 N–H and O–H groups in total. The summed E-state index contributed by atoms with van der Waals surface area (Å²) in [5, 5.41) is 3.67. The average Bonchev–Trinajstić information content (AvgIpc) is 3.58. The lowest BCUT2D eigenvalue weighted by Crippen LogP contribution is -2.33. The van der Waals surface area contributed by atoms with Gasteiger partial charge < -0.3 is 19.4 Å². The van der Waals surface area contributed by atoms with Gasteiger partial charge in [-0.25, -0.2) is 9.18 Å². The van der Waals surface area contributed by atoms with Crippen molar-refractivity contribution in [1.29, 1.82) is 0 Å². The predicted octanol–water partition coefficient (Wildman–Crippen LogP) is 7.73. The number of pyridine rings is 1. The third-order valence-electron chi connectivity index (χ3n) is 8.79. The van der Waals surface area contributed by atoms with Gasteiger partial charge in [0.1, 0.15) is 12.4 Å². The number of rotatable bonds is 10. The summed E-state index contributed by atoms with van der Waals surface area (Å²) in [6.07, 6.45) is 10.5. The Morgan fingerprint density at radius 2 is 1.53 bits per heavy atom. The van der Waals surface area contributed by atoms with Gasteiger partial charge in [0.2, 0.25) is 5.43 Å². The normalized spacial score (nSPS) is 16.7. The molecule has 6 rings (SSSR count). The predicted molar refractivity (Wildman–Crippen MR) is 167 cm³/mol. The SMILES string of the molecule is O=C(OCc1ccccc1)[C@H](Cc1ccccc1)Oc1cn(C2CCCC2)c2cc(NC3CCCCC3)c(F)cc2c1=O. The largest absolute Gasteiger partial charge is 0.473 e. The molecule has 0 amide bonds. The van der Waals surface area contributed by atoms with Gasteiger partial charge in [-0.15, -0.1) is 0 Å². The summed E-state index contributed by atoms with van der Waals surface area (Å²) >= 11 is 0. The Bertz CT molecular complexity index is 1590. The topological polar surface area (TPSA) is 69.6 Å². The minimum Gasteiger partial charge on any atom is -0.473 e. The quantitative estimate of drug-likeness (QED) is 0.194. The smallest absolute Gasteiger partial charge is 0.348 e. The highest BCUT2D eigenvalue weighted by molar-refractivity contribution is 5.84. The maximum atomic E-state index is 15.5. The average molecular weight is 583 g/mol. The summed E-state index contributed by atoms with van der Waals surface area (Å²) in [5.74, 6) is -0.976. The first kappa shape index (κ1) is 29.0. The molecule has 43 heavy (non-hydrogen) atoms. The summed E-state index contributed by atoms with van der Waals surface area (Å²) in [5.41, 5.74) is 2.43. The van der Waals surface area contributed by atoms with E-state index >= 15 is 4.39 Å². The molecule has 0 unspecified atom stereocenters. The maximum absolute atomic E-state index is 15.5. The summed E-state index contributed by atoms with van der Waals surface area (Å²) in [6, 6.07) is 22.5. The number of fused-ring (bicyclic) bond motifs is 1. The Morgan fingerprint density at radius 1 is 0.884 bits per heavy atom. The van der Waals surface area contributed by atoms with Crippen molar-refractivity contribution in [3.8, 4) is 5.75 Å². The minimum atomic E-state index is -1.05. The van der Waals surface area contributed by atoms with Crippen LogP contribution in [0.5, 0.6) is 5.75 Å². The number of esters is 1. The molecule has 3 aromatic carbocycles. The molecule has 1 heterocycles. The third-order valence-corrected chi connectivity index (χ3v) is 8.79. The van der Waals surface area contributed by atoms with Gasteiger partial charge in [0.05, 0.1) is 22.8 Å². The molecule has 2 fully saturated rings. The Kier molecular flexibility index (Phi) is 9.06. The van der Waals surface area contributed by atoms with E-state index in [9.17, 15) is 9.59 Å². The molecule has 0 saturated heterocycles. The van der Waals surface area contributed by atoms with E-state index in [1.54, 1.807) is 12.3 Å². The van der Waals surface area contributed by atoms with Crippen LogP contribution >= 0.6 is 0 Å². The molecule has 7 heteroatoms. The number of halogens is 1. The van der Waals surface area contributed by atoms with E-state index in [-0.39, 0.29) is 36.2 Å². The van der Waals surface area contributed by atoms with Crippen LogP contribution in [0.15, 0.2) is 83.8 Å². The Morgan fingerprint density at radius 3 is 2.23 bits per heavy atom. The number of nitrogens with zero attached hydrogens (tertiary/aromatic N) is 1. The number of hydrogen-bond donors (Lipinski definition) is 1. The second kappa shape index (κ2) is 13.4. The van der Waals surface area contributed by atoms with Crippen LogP contribution in [0.2, 0.25) is 0 Å². The minimum absolute atomic E-state index is 0.0318. The number of carbonyl (C=O) groups excluding carboxylic acids is 1. The monoisotopic (exact) mass is 582 g/mol. The lowest BCUT2D eigenvalue weighted by Gasteiger charge is -2.25. The van der Waals surface area contributed by atoms with Crippen molar-refractivity contribution in [3.05, 3.63) is 106 Å². The molecular formula is C36H39FN2O4. The number of hydrogen-bond acceptors (Lipinski definition) is 5. The number of aromatic nitrogens is 1. The molecule has 2 saturated carbocycles. The van der Waals surface area contributed by atoms with Crippen molar-refractivity contribution in [2.45, 2.75) is 89.0 Å². The highest BCUT2D eigenvalue weighted by Crippen LogP contribution is 2.35. The van der Waals surface area contributed by atoms with Gasteiger partial charge in [0, 0.05) is 18.5 Å². The van der Waals surface area contributed by atoms with E-state index in [0.717, 1.165) is 62.5 Å². The van der Waals surface area contributed by atoms with Crippen LogP contribution < -0.4 is 15.5 Å². The number of carbonyl (C=O) groups is 1. The van der Waals surface area contributed by atoms with Crippen molar-refractivity contribution in [2.24, 2.45) is 0 Å². The molecule has 2 aliphatic carbocycles. The molecule has 1 aromatic heterocycles. The van der Waals surface area contributed by atoms with Gasteiger partial charge in [-0.2, -0.15) is 0 Å². The molecule has 224 valence electrons. The van der Waals surface area contributed by atoms with Crippen molar-refractivity contribution in [3.63, 3.8) is 0 Å². The maximum Gasteiger partial charge on any atom is 0.348 e. The lowest BCUT2D eigenvalue weighted by molar-refractivity contribution is -0.153. The fourth-order valence-corrected chi connectivity index (χ4v) is 6.47. The summed E-state index contributed by atoms with van der Waals surface area (Å²) in [6.45, 7) is 0.0976. The van der Waals surface area contributed by atoms with Crippen molar-refractivity contribution in [1.82, 2.24) is 4.57 Å². The second-order valence-corrected chi connectivity index (χ2v) is 11.9. The van der Waals surface area contributed by atoms with Gasteiger partial charge in [-0.05, 0) is 48.9 Å². The van der Waals surface area contributed by atoms with Gasteiger partial charge in [-0.1, -0.05) is 92.8 Å². The molecule has 0 aliphatic heterocycles. The van der Waals surface area contributed by atoms with Gasteiger partial charge >= 0.3 is 5.97 Å². The Hall–Kier alpha value is -4.13. The lowest BCUT2D eigenvalue weighted by atomic mass is 9.95. The molecule has 0 bridgehead atoms. The van der Waals surface area contributed by atoms with Crippen LogP contribution in [0.4, 0.5) is 10.1 Å². The highest BCUT2D eigenvalue weighted by atomic mass is 19.1. The fraction of sp³-hybridized carbons (Fsp3) is 0.389. The van der Waals surface area contributed by atoms with Crippen LogP contribution in [0, 0.1) is 5.82 Å². The van der Waals surface area contributed by atoms with Gasteiger partial charge in [0.25, 0.3) is 0 Å². The molecule has 2 aliphatic rings. The van der Waals surface area contributed by atoms with E-state index in [0.29, 0.717) is 11.2 Å². The zero-order chi connectivity index (χ0) is 29.6. The number of nitrogens with one attached hydrogen (secondary N) is 1. The van der Waals surface area contributed by atoms with Crippen LogP contribution in [0.3, 0.4) is 0 Å². The van der Waals surface area contributed by atoms with Gasteiger partial charge in [0.15, 0.2) is 11.9 Å². The van der Waals surface area contributed by atoms with Crippen molar-refractivity contribution >= 4 is 22.6 Å². The molecule has 0 radical (unpaired) electrons. The first-order chi connectivity index (χ1) is 21.0. The summed E-state index contributed by atoms with van der Waals surface area (Å²) < 4.78 is 29.5. The number of ether oxygens (including phenoxy) is 2. The molecular weight excluding hydrogens is 543 g/mol. The summed E-state index contributed by atoms with van der Waals surface area (Å²) in [4.78, 5) is 27.3. The fourth-order valence-electron chi connectivity index (χ4n) is 6.47. The number of benzene rings is 3. The van der Waals surface area contributed by atoms with Crippen LogP contribution in [-0.4, -0.2) is 22.7 Å². The third kappa shape index (κ3) is 6.93. The first-order valence-electron chi connectivity index (χ1n) is 15.6. The van der Waals surface area contributed by atoms with E-state index in [1.807, 2.05) is 60.7 Å². The molecule has 0 spiro atoms. The second-order valence-electron chi connectivity index (χ2n) is 11.9. The van der Waals surface area contributed by atoms with Crippen LogP contribution in [0.25, 0.3) is 10.9 Å². The van der Waals surface area contributed by atoms with Crippen molar-refractivity contribution in [2.75, 3.05) is 5.32 Å². The van der Waals surface area contributed by atoms with E-state index in [4.69, 9.17) is 9.47 Å². The van der Waals surface area contributed by atoms with Gasteiger partial charge in [-0.3, -0.25) is 4.79 Å². The molecule has 1 atom stereocenters. The standard InChI is InChI=1S/C36H39FN2O4/c37-30-21-29-32(22-31(30)38-27-16-8-3-9-17-27)39(28-18-10-11-19-28)23-34(35(29)40)43-33(20-25-12-4-1-5-13-25)36(41)42-24-26-14-6-2-7-15-26/h1-2,4-7,12-15,21-23,27-28,33,38H,3,8-11,16-20,24H2/t33-/m0/s1.